The van der Waals surface area contributed by atoms with Gasteiger partial charge in [0, 0.05) is 24.5 Å². The Bertz CT molecular complexity index is 668. The number of sulfonamides is 1. The van der Waals surface area contributed by atoms with Crippen molar-refractivity contribution in [2.45, 2.75) is 31.6 Å². The van der Waals surface area contributed by atoms with Gasteiger partial charge in [-0.05, 0) is 30.2 Å². The molecule has 1 saturated carbocycles. The molecule has 1 heterocycles. The second-order valence-electron chi connectivity index (χ2n) is 5.71. The van der Waals surface area contributed by atoms with Crippen molar-refractivity contribution in [2.75, 3.05) is 13.2 Å². The van der Waals surface area contributed by atoms with E-state index in [1.54, 1.807) is 0 Å². The molecule has 0 spiro atoms. The molecule has 2 N–H and O–H groups in total. The van der Waals surface area contributed by atoms with E-state index in [-0.39, 0.29) is 16.9 Å². The molecule has 2 rings (SSSR count). The summed E-state index contributed by atoms with van der Waals surface area (Å²) < 4.78 is 27.3. The Labute approximate surface area is 125 Å². The van der Waals surface area contributed by atoms with Crippen LogP contribution in [0.25, 0.3) is 0 Å². The van der Waals surface area contributed by atoms with Gasteiger partial charge in [-0.25, -0.2) is 13.1 Å². The SMILES string of the molecule is CC(C)C1(CNS(=O)(=O)c2cncc(C#CCO)c2)CC1. The lowest BCUT2D eigenvalue weighted by Gasteiger charge is -2.19. The molecule has 0 bridgehead atoms. The molecule has 1 fully saturated rings. The van der Waals surface area contributed by atoms with Gasteiger partial charge in [0.25, 0.3) is 0 Å². The predicted molar refractivity (Wildman–Crippen MR) is 79.9 cm³/mol. The van der Waals surface area contributed by atoms with Gasteiger partial charge in [-0.1, -0.05) is 25.7 Å². The molecule has 0 aliphatic heterocycles. The van der Waals surface area contributed by atoms with Gasteiger partial charge in [-0.2, -0.15) is 0 Å². The highest BCUT2D eigenvalue weighted by Gasteiger charge is 2.45. The summed E-state index contributed by atoms with van der Waals surface area (Å²) in [5, 5.41) is 8.66. The summed E-state index contributed by atoms with van der Waals surface area (Å²) in [5.74, 6) is 5.59. The van der Waals surface area contributed by atoms with Crippen LogP contribution in [0.3, 0.4) is 0 Å². The molecule has 114 valence electrons. The van der Waals surface area contributed by atoms with E-state index in [2.05, 4.69) is 35.4 Å². The van der Waals surface area contributed by atoms with E-state index < -0.39 is 10.0 Å². The van der Waals surface area contributed by atoms with Gasteiger partial charge in [0.05, 0.1) is 0 Å². The van der Waals surface area contributed by atoms with Crippen LogP contribution in [0.2, 0.25) is 0 Å². The lowest BCUT2D eigenvalue weighted by molar-refractivity contribution is 0.350. The minimum absolute atomic E-state index is 0.104. The predicted octanol–water partition coefficient (Wildman–Crippen LogP) is 1.14. The topological polar surface area (TPSA) is 79.3 Å². The van der Waals surface area contributed by atoms with Gasteiger partial charge in [0.2, 0.25) is 10.0 Å². The Morgan fingerprint density at radius 1 is 1.43 bits per heavy atom. The van der Waals surface area contributed by atoms with E-state index in [0.717, 1.165) is 12.8 Å². The number of nitrogens with zero attached hydrogens (tertiary/aromatic N) is 1. The zero-order valence-corrected chi connectivity index (χ0v) is 13.1. The van der Waals surface area contributed by atoms with Gasteiger partial charge in [0.1, 0.15) is 11.5 Å². The van der Waals surface area contributed by atoms with Crippen molar-refractivity contribution in [3.63, 3.8) is 0 Å². The minimum Gasteiger partial charge on any atom is -0.384 e. The lowest BCUT2D eigenvalue weighted by Crippen LogP contribution is -2.32. The molecule has 21 heavy (non-hydrogen) atoms. The van der Waals surface area contributed by atoms with Gasteiger partial charge >= 0.3 is 0 Å². The van der Waals surface area contributed by atoms with Crippen LogP contribution < -0.4 is 4.72 Å². The van der Waals surface area contributed by atoms with Crippen molar-refractivity contribution < 1.29 is 13.5 Å². The van der Waals surface area contributed by atoms with E-state index in [1.165, 1.54) is 18.5 Å². The minimum atomic E-state index is -3.58. The molecule has 0 amide bonds. The summed E-state index contributed by atoms with van der Waals surface area (Å²) in [6.45, 7) is 4.42. The Hall–Kier alpha value is -1.42. The molecule has 0 aromatic carbocycles. The number of hydrogen-bond acceptors (Lipinski definition) is 4. The second-order valence-corrected chi connectivity index (χ2v) is 7.48. The number of nitrogens with one attached hydrogen (secondary N) is 1. The lowest BCUT2D eigenvalue weighted by atomic mass is 9.93. The van der Waals surface area contributed by atoms with Gasteiger partial charge in [0.15, 0.2) is 0 Å². The average molecular weight is 308 g/mol. The molecule has 0 saturated heterocycles. The monoisotopic (exact) mass is 308 g/mol. The number of aliphatic hydroxyl groups is 1. The van der Waals surface area contributed by atoms with Crippen molar-refractivity contribution in [3.05, 3.63) is 24.0 Å². The van der Waals surface area contributed by atoms with Crippen LogP contribution in [0.15, 0.2) is 23.4 Å². The van der Waals surface area contributed by atoms with E-state index in [1.807, 2.05) is 0 Å². The summed E-state index contributed by atoms with van der Waals surface area (Å²) in [6, 6.07) is 1.47. The summed E-state index contributed by atoms with van der Waals surface area (Å²) in [6.07, 6.45) is 4.90. The molecule has 6 heteroatoms. The summed E-state index contributed by atoms with van der Waals surface area (Å²) >= 11 is 0. The Balaban J connectivity index is 2.13. The molecular formula is C15H20N2O3S. The highest BCUT2D eigenvalue weighted by Crippen LogP contribution is 2.51. The van der Waals surface area contributed by atoms with Crippen molar-refractivity contribution >= 4 is 10.0 Å². The molecule has 1 aromatic heterocycles. The quantitative estimate of drug-likeness (QED) is 0.800. The maximum atomic E-state index is 12.3. The smallest absolute Gasteiger partial charge is 0.242 e. The Morgan fingerprint density at radius 3 is 2.71 bits per heavy atom. The van der Waals surface area contributed by atoms with Crippen LogP contribution in [-0.2, 0) is 10.0 Å². The number of pyridine rings is 1. The maximum absolute atomic E-state index is 12.3. The fraction of sp³-hybridized carbons (Fsp3) is 0.533. The Kier molecular flexibility index (Phi) is 4.67. The molecule has 5 nitrogen and oxygen atoms in total. The third kappa shape index (κ3) is 3.82. The molecule has 0 radical (unpaired) electrons. The standard InChI is InChI=1S/C15H20N2O3S/c1-12(2)15(5-6-15)11-17-21(19,20)14-8-13(4-3-7-18)9-16-10-14/h8-10,12,17-18H,5-7,11H2,1-2H3. The third-order valence-corrected chi connectivity index (χ3v) is 5.43. The zero-order valence-electron chi connectivity index (χ0n) is 12.3. The first-order valence-corrected chi connectivity index (χ1v) is 8.42. The van der Waals surface area contributed by atoms with Crippen LogP contribution >= 0.6 is 0 Å². The van der Waals surface area contributed by atoms with Gasteiger partial charge in [-0.15, -0.1) is 0 Å². The first kappa shape index (κ1) is 16.0. The molecule has 1 aliphatic carbocycles. The summed E-state index contributed by atoms with van der Waals surface area (Å²) in [5.41, 5.74) is 0.575. The van der Waals surface area contributed by atoms with Crippen LogP contribution in [0.4, 0.5) is 0 Å². The van der Waals surface area contributed by atoms with E-state index >= 15 is 0 Å². The molecule has 0 unspecified atom stereocenters. The highest BCUT2D eigenvalue weighted by molar-refractivity contribution is 7.89. The van der Waals surface area contributed by atoms with Crippen LogP contribution in [-0.4, -0.2) is 31.7 Å². The van der Waals surface area contributed by atoms with E-state index in [0.29, 0.717) is 18.0 Å². The zero-order chi connectivity index (χ0) is 15.5. The number of hydrogen-bond donors (Lipinski definition) is 2. The number of aromatic nitrogens is 1. The number of aliphatic hydroxyl groups excluding tert-OH is 1. The Morgan fingerprint density at radius 2 is 2.14 bits per heavy atom. The van der Waals surface area contributed by atoms with Gasteiger partial charge < -0.3 is 5.11 Å². The number of rotatable bonds is 5. The van der Waals surface area contributed by atoms with Crippen molar-refractivity contribution in [2.24, 2.45) is 11.3 Å². The molecule has 0 atom stereocenters. The molecule has 1 aromatic rings. The second kappa shape index (κ2) is 6.14. The summed E-state index contributed by atoms with van der Waals surface area (Å²) in [7, 11) is -3.58. The fourth-order valence-electron chi connectivity index (χ4n) is 2.22. The van der Waals surface area contributed by atoms with Crippen LogP contribution in [0, 0.1) is 23.2 Å². The van der Waals surface area contributed by atoms with Crippen molar-refractivity contribution in [3.8, 4) is 11.8 Å². The van der Waals surface area contributed by atoms with Crippen LogP contribution in [0.5, 0.6) is 0 Å². The van der Waals surface area contributed by atoms with E-state index in [9.17, 15) is 8.42 Å². The van der Waals surface area contributed by atoms with Gasteiger partial charge in [-0.3, -0.25) is 4.98 Å². The maximum Gasteiger partial charge on any atom is 0.242 e. The normalized spacial score (nSPS) is 16.4. The summed E-state index contributed by atoms with van der Waals surface area (Å²) in [4.78, 5) is 4.00. The first-order chi connectivity index (χ1) is 9.89. The fourth-order valence-corrected chi connectivity index (χ4v) is 3.34. The molecular weight excluding hydrogens is 288 g/mol. The largest absolute Gasteiger partial charge is 0.384 e. The molecule has 1 aliphatic rings. The average Bonchev–Trinajstić information content (AvgIpc) is 3.25. The van der Waals surface area contributed by atoms with Crippen molar-refractivity contribution in [1.29, 1.82) is 0 Å². The van der Waals surface area contributed by atoms with Crippen LogP contribution in [0.1, 0.15) is 32.3 Å². The third-order valence-electron chi connectivity index (χ3n) is 4.07. The van der Waals surface area contributed by atoms with Crippen molar-refractivity contribution in [1.82, 2.24) is 9.71 Å². The highest BCUT2D eigenvalue weighted by atomic mass is 32.2. The van der Waals surface area contributed by atoms with E-state index in [4.69, 9.17) is 5.11 Å². The first-order valence-electron chi connectivity index (χ1n) is 6.94.